The number of fused-ring (bicyclic) bond motifs is 1. The topological polar surface area (TPSA) is 68.4 Å². The number of carbonyl (C=O) groups is 1. The zero-order valence-corrected chi connectivity index (χ0v) is 13.9. The van der Waals surface area contributed by atoms with Crippen LogP contribution in [0, 0.1) is 0 Å². The van der Waals surface area contributed by atoms with E-state index in [0.29, 0.717) is 22.6 Å². The molecule has 5 heteroatoms. The Labute approximate surface area is 144 Å². The zero-order chi connectivity index (χ0) is 17.8. The molecule has 0 unspecified atom stereocenters. The van der Waals surface area contributed by atoms with Gasteiger partial charge in [-0.3, -0.25) is 9.59 Å². The molecule has 0 amide bonds. The maximum absolute atomic E-state index is 12.5. The molecule has 0 aliphatic heterocycles. The van der Waals surface area contributed by atoms with E-state index in [9.17, 15) is 9.59 Å². The molecule has 25 heavy (non-hydrogen) atoms. The van der Waals surface area contributed by atoms with Crippen molar-refractivity contribution < 1.29 is 14.3 Å². The summed E-state index contributed by atoms with van der Waals surface area (Å²) in [5, 5.41) is 0.896. The van der Waals surface area contributed by atoms with Crippen LogP contribution in [0.1, 0.15) is 15.9 Å². The second kappa shape index (κ2) is 7.05. The lowest BCUT2D eigenvalue weighted by atomic mass is 10.1. The Morgan fingerprint density at radius 2 is 1.84 bits per heavy atom. The van der Waals surface area contributed by atoms with Crippen LogP contribution in [-0.2, 0) is 0 Å². The number of nitrogens with one attached hydrogen (secondary N) is 1. The summed E-state index contributed by atoms with van der Waals surface area (Å²) < 4.78 is 10.4. The van der Waals surface area contributed by atoms with Gasteiger partial charge in [-0.15, -0.1) is 0 Å². The number of benzene rings is 2. The Kier molecular flexibility index (Phi) is 4.66. The average Bonchev–Trinajstić information content (AvgIpc) is 2.65. The largest absolute Gasteiger partial charge is 0.497 e. The number of hydrogen-bond donors (Lipinski definition) is 1. The minimum atomic E-state index is -0.275. The Morgan fingerprint density at radius 3 is 2.60 bits per heavy atom. The quantitative estimate of drug-likeness (QED) is 0.573. The summed E-state index contributed by atoms with van der Waals surface area (Å²) in [5.74, 6) is 0.729. The highest BCUT2D eigenvalue weighted by Crippen LogP contribution is 2.24. The van der Waals surface area contributed by atoms with E-state index in [1.54, 1.807) is 24.3 Å². The molecule has 1 N–H and O–H groups in total. The van der Waals surface area contributed by atoms with Crippen molar-refractivity contribution in [2.75, 3.05) is 14.2 Å². The lowest BCUT2D eigenvalue weighted by Crippen LogP contribution is -2.09. The standard InChI is InChI=1S/C20H17NO4/c1-24-15-8-10-19(25-2)16(12-15)18(22)9-7-14-11-13-5-3-4-6-17(13)21-20(14)23/h3-12H,1-2H3,(H,21,23)/b9-7+. The molecule has 3 aromatic rings. The predicted octanol–water partition coefficient (Wildman–Crippen LogP) is 3.44. The monoisotopic (exact) mass is 335 g/mol. The Bertz CT molecular complexity index is 1020. The minimum absolute atomic E-state index is 0.250. The molecule has 0 saturated carbocycles. The van der Waals surface area contributed by atoms with Crippen molar-refractivity contribution in [2.24, 2.45) is 0 Å². The van der Waals surface area contributed by atoms with Gasteiger partial charge in [-0.25, -0.2) is 0 Å². The van der Waals surface area contributed by atoms with Gasteiger partial charge in [0.2, 0.25) is 0 Å². The molecule has 0 spiro atoms. The van der Waals surface area contributed by atoms with Gasteiger partial charge in [-0.1, -0.05) is 18.2 Å². The second-order valence-electron chi connectivity index (χ2n) is 5.40. The summed E-state index contributed by atoms with van der Waals surface area (Å²) in [6.45, 7) is 0. The van der Waals surface area contributed by atoms with Gasteiger partial charge >= 0.3 is 0 Å². The maximum atomic E-state index is 12.5. The van der Waals surface area contributed by atoms with Crippen LogP contribution in [0.5, 0.6) is 11.5 Å². The molecule has 0 aliphatic rings. The van der Waals surface area contributed by atoms with Crippen LogP contribution >= 0.6 is 0 Å². The summed E-state index contributed by atoms with van der Waals surface area (Å²) in [6.07, 6.45) is 2.86. The highest BCUT2D eigenvalue weighted by atomic mass is 16.5. The molecule has 0 saturated heterocycles. The third-order valence-corrected chi connectivity index (χ3v) is 3.87. The first-order chi connectivity index (χ1) is 12.1. The number of ketones is 1. The van der Waals surface area contributed by atoms with Gasteiger partial charge in [0.15, 0.2) is 5.78 Å². The van der Waals surface area contributed by atoms with Crippen LogP contribution in [-0.4, -0.2) is 25.0 Å². The Morgan fingerprint density at radius 1 is 1.04 bits per heavy atom. The van der Waals surface area contributed by atoms with Crippen LogP contribution in [0.3, 0.4) is 0 Å². The Balaban J connectivity index is 1.96. The molecular formula is C20H17NO4. The van der Waals surface area contributed by atoms with Crippen molar-refractivity contribution in [3.8, 4) is 11.5 Å². The highest BCUT2D eigenvalue weighted by molar-refractivity contribution is 6.09. The molecule has 0 aliphatic carbocycles. The predicted molar refractivity (Wildman–Crippen MR) is 97.5 cm³/mol. The number of allylic oxidation sites excluding steroid dienone is 1. The van der Waals surface area contributed by atoms with Gasteiger partial charge in [-0.2, -0.15) is 0 Å². The molecule has 3 rings (SSSR count). The summed E-state index contributed by atoms with van der Waals surface area (Å²) in [5.41, 5.74) is 1.29. The molecule has 0 fully saturated rings. The van der Waals surface area contributed by atoms with E-state index in [1.807, 2.05) is 24.3 Å². The van der Waals surface area contributed by atoms with Crippen LogP contribution in [0.4, 0.5) is 0 Å². The molecule has 0 bridgehead atoms. The smallest absolute Gasteiger partial charge is 0.255 e. The van der Waals surface area contributed by atoms with Crippen molar-refractivity contribution in [1.82, 2.24) is 4.98 Å². The molecule has 2 aromatic carbocycles. The van der Waals surface area contributed by atoms with Gasteiger partial charge in [0, 0.05) is 11.1 Å². The first-order valence-corrected chi connectivity index (χ1v) is 7.69. The van der Waals surface area contributed by atoms with Crippen LogP contribution in [0.15, 0.2) is 59.4 Å². The molecule has 0 radical (unpaired) electrons. The molecule has 0 atom stereocenters. The number of aromatic amines is 1. The number of methoxy groups -OCH3 is 2. The fraction of sp³-hybridized carbons (Fsp3) is 0.100. The number of ether oxygens (including phenoxy) is 2. The van der Waals surface area contributed by atoms with E-state index in [4.69, 9.17) is 9.47 Å². The van der Waals surface area contributed by atoms with Crippen molar-refractivity contribution >= 4 is 22.8 Å². The SMILES string of the molecule is COc1ccc(OC)c(C(=O)/C=C/c2cc3ccccc3[nH]c2=O)c1. The number of H-pyrrole nitrogens is 1. The van der Waals surface area contributed by atoms with Crippen molar-refractivity contribution in [3.05, 3.63) is 76.1 Å². The van der Waals surface area contributed by atoms with Gasteiger partial charge in [0.05, 0.1) is 19.8 Å². The third kappa shape index (κ3) is 3.45. The number of para-hydroxylation sites is 1. The molecule has 1 heterocycles. The highest BCUT2D eigenvalue weighted by Gasteiger charge is 2.11. The fourth-order valence-corrected chi connectivity index (χ4v) is 2.55. The van der Waals surface area contributed by atoms with Crippen LogP contribution in [0.2, 0.25) is 0 Å². The van der Waals surface area contributed by atoms with Crippen molar-refractivity contribution in [1.29, 1.82) is 0 Å². The Hall–Kier alpha value is -3.34. The van der Waals surface area contributed by atoms with Crippen LogP contribution < -0.4 is 15.0 Å². The summed E-state index contributed by atoms with van der Waals surface area (Å²) >= 11 is 0. The minimum Gasteiger partial charge on any atom is -0.497 e. The van der Waals surface area contributed by atoms with Crippen molar-refractivity contribution in [3.63, 3.8) is 0 Å². The molecule has 1 aromatic heterocycles. The van der Waals surface area contributed by atoms with Gasteiger partial charge in [0.1, 0.15) is 11.5 Å². The van der Waals surface area contributed by atoms with E-state index >= 15 is 0 Å². The molecular weight excluding hydrogens is 318 g/mol. The van der Waals surface area contributed by atoms with Gasteiger partial charge in [-0.05, 0) is 47.9 Å². The summed E-state index contributed by atoms with van der Waals surface area (Å²) in [7, 11) is 3.02. The number of carbonyl (C=O) groups excluding carboxylic acids is 1. The summed E-state index contributed by atoms with van der Waals surface area (Å²) in [4.78, 5) is 27.4. The third-order valence-electron chi connectivity index (χ3n) is 3.87. The van der Waals surface area contributed by atoms with Gasteiger partial charge < -0.3 is 14.5 Å². The average molecular weight is 335 g/mol. The molecule has 5 nitrogen and oxygen atoms in total. The normalized spacial score (nSPS) is 11.0. The number of hydrogen-bond acceptors (Lipinski definition) is 4. The van der Waals surface area contributed by atoms with E-state index in [1.165, 1.54) is 26.4 Å². The molecule has 126 valence electrons. The zero-order valence-electron chi connectivity index (χ0n) is 13.9. The lowest BCUT2D eigenvalue weighted by molar-refractivity contribution is 0.104. The first-order valence-electron chi connectivity index (χ1n) is 7.69. The summed E-state index contributed by atoms with van der Waals surface area (Å²) in [6, 6.07) is 14.2. The van der Waals surface area contributed by atoms with Crippen LogP contribution in [0.25, 0.3) is 17.0 Å². The number of aromatic nitrogens is 1. The lowest BCUT2D eigenvalue weighted by Gasteiger charge is -2.07. The second-order valence-corrected chi connectivity index (χ2v) is 5.40. The van der Waals surface area contributed by atoms with E-state index in [2.05, 4.69) is 4.98 Å². The van der Waals surface area contributed by atoms with E-state index < -0.39 is 0 Å². The van der Waals surface area contributed by atoms with Crippen molar-refractivity contribution in [2.45, 2.75) is 0 Å². The number of pyridine rings is 1. The fourth-order valence-electron chi connectivity index (χ4n) is 2.55. The van der Waals surface area contributed by atoms with E-state index in [0.717, 1.165) is 10.9 Å². The van der Waals surface area contributed by atoms with Gasteiger partial charge in [0.25, 0.3) is 5.56 Å². The maximum Gasteiger partial charge on any atom is 0.255 e. The first kappa shape index (κ1) is 16.5. The number of rotatable bonds is 5. The van der Waals surface area contributed by atoms with E-state index in [-0.39, 0.29) is 11.3 Å².